The van der Waals surface area contributed by atoms with Crippen LogP contribution in [0.15, 0.2) is 55.0 Å². The van der Waals surface area contributed by atoms with Gasteiger partial charge in [0, 0.05) is 32.4 Å². The van der Waals surface area contributed by atoms with E-state index in [0.29, 0.717) is 12.1 Å². The zero-order valence-corrected chi connectivity index (χ0v) is 15.2. The number of para-hydroxylation sites is 1. The van der Waals surface area contributed by atoms with Crippen molar-refractivity contribution in [1.82, 2.24) is 24.6 Å². The summed E-state index contributed by atoms with van der Waals surface area (Å²) < 4.78 is 4.80. The molecule has 0 saturated carbocycles. The molecule has 0 aliphatic rings. The Morgan fingerprint density at radius 1 is 1.19 bits per heavy atom. The molecule has 6 nitrogen and oxygen atoms in total. The van der Waals surface area contributed by atoms with Crippen LogP contribution in [0.3, 0.4) is 0 Å². The van der Waals surface area contributed by atoms with E-state index in [4.69, 9.17) is 0 Å². The lowest BCUT2D eigenvalue weighted by Crippen LogP contribution is -2.25. The summed E-state index contributed by atoms with van der Waals surface area (Å²) in [5, 5.41) is 8.32. The second kappa shape index (κ2) is 7.13. The molecule has 0 bridgehead atoms. The van der Waals surface area contributed by atoms with E-state index in [2.05, 4.69) is 21.5 Å². The average Bonchev–Trinajstić information content (AvgIpc) is 3.37. The average molecular weight is 365 g/mol. The van der Waals surface area contributed by atoms with Gasteiger partial charge in [-0.2, -0.15) is 5.10 Å². The number of fused-ring (bicyclic) bond motifs is 1. The normalized spacial score (nSPS) is 11.1. The lowest BCUT2D eigenvalue weighted by molar-refractivity contribution is 0.0953. The van der Waals surface area contributed by atoms with Crippen molar-refractivity contribution in [2.24, 2.45) is 7.05 Å². The van der Waals surface area contributed by atoms with E-state index in [1.54, 1.807) is 22.2 Å². The van der Waals surface area contributed by atoms with Gasteiger partial charge in [0.05, 0.1) is 21.4 Å². The molecule has 0 radical (unpaired) electrons. The summed E-state index contributed by atoms with van der Waals surface area (Å²) in [5.74, 6) is 0.657. The van der Waals surface area contributed by atoms with Crippen molar-refractivity contribution in [3.05, 3.63) is 65.6 Å². The molecule has 1 amide bonds. The third kappa shape index (κ3) is 3.25. The number of aromatic nitrogens is 4. The van der Waals surface area contributed by atoms with E-state index >= 15 is 0 Å². The molecule has 0 spiro atoms. The maximum Gasteiger partial charge on any atom is 0.256 e. The van der Waals surface area contributed by atoms with Crippen LogP contribution in [0.4, 0.5) is 0 Å². The second-order valence-electron chi connectivity index (χ2n) is 6.03. The highest BCUT2D eigenvalue weighted by Gasteiger charge is 2.16. The Bertz CT molecular complexity index is 999. The number of nitrogens with one attached hydrogen (secondary N) is 1. The Hall–Kier alpha value is -2.93. The molecule has 0 saturated heterocycles. The van der Waals surface area contributed by atoms with E-state index in [1.807, 2.05) is 54.3 Å². The minimum absolute atomic E-state index is 0.105. The largest absolute Gasteiger partial charge is 0.352 e. The van der Waals surface area contributed by atoms with E-state index in [1.165, 1.54) is 4.70 Å². The van der Waals surface area contributed by atoms with Crippen LogP contribution in [0.25, 0.3) is 16.0 Å². The number of carbonyl (C=O) groups is 1. The Morgan fingerprint density at radius 2 is 2.00 bits per heavy atom. The summed E-state index contributed by atoms with van der Waals surface area (Å²) in [7, 11) is 1.83. The molecule has 4 rings (SSSR count). The number of amides is 1. The summed E-state index contributed by atoms with van der Waals surface area (Å²) in [6.07, 6.45) is 7.13. The summed E-state index contributed by atoms with van der Waals surface area (Å²) in [6, 6.07) is 12.0. The zero-order valence-electron chi connectivity index (χ0n) is 14.4. The highest BCUT2D eigenvalue weighted by atomic mass is 32.1. The number of thiazole rings is 1. The molecule has 0 fully saturated rings. The van der Waals surface area contributed by atoms with Crippen LogP contribution in [0, 0.1) is 0 Å². The number of hydrogen-bond donors (Lipinski definition) is 1. The topological polar surface area (TPSA) is 64.7 Å². The van der Waals surface area contributed by atoms with Crippen LogP contribution in [-0.4, -0.2) is 31.8 Å². The molecular formula is C19H19N5OS. The number of benzene rings is 1. The van der Waals surface area contributed by atoms with Gasteiger partial charge in [-0.15, -0.1) is 11.3 Å². The van der Waals surface area contributed by atoms with Gasteiger partial charge in [-0.3, -0.25) is 9.48 Å². The molecule has 3 aromatic heterocycles. The summed E-state index contributed by atoms with van der Waals surface area (Å²) >= 11 is 1.72. The molecular weight excluding hydrogens is 346 g/mol. The van der Waals surface area contributed by atoms with Gasteiger partial charge in [-0.05, 0) is 30.7 Å². The van der Waals surface area contributed by atoms with Gasteiger partial charge in [-0.1, -0.05) is 12.1 Å². The lowest BCUT2D eigenvalue weighted by Gasteiger charge is -2.08. The molecule has 0 aliphatic heterocycles. The fraction of sp³-hybridized carbons (Fsp3) is 0.211. The van der Waals surface area contributed by atoms with Crippen molar-refractivity contribution >= 4 is 27.5 Å². The van der Waals surface area contributed by atoms with Gasteiger partial charge in [0.25, 0.3) is 5.91 Å². The van der Waals surface area contributed by atoms with Crippen molar-refractivity contribution in [2.45, 2.75) is 12.8 Å². The third-order valence-electron chi connectivity index (χ3n) is 4.19. The Morgan fingerprint density at radius 3 is 2.81 bits per heavy atom. The molecule has 7 heteroatoms. The SMILES string of the molecule is Cn1ncc(C(=O)NCCCc2nc3ccccc3s2)c1-n1cccc1. The number of aryl methyl sites for hydroxylation is 2. The smallest absolute Gasteiger partial charge is 0.256 e. The Kier molecular flexibility index (Phi) is 4.53. The number of carbonyl (C=O) groups excluding carboxylic acids is 1. The summed E-state index contributed by atoms with van der Waals surface area (Å²) in [5.41, 5.74) is 1.62. The van der Waals surface area contributed by atoms with Gasteiger partial charge < -0.3 is 9.88 Å². The van der Waals surface area contributed by atoms with Gasteiger partial charge in [-0.25, -0.2) is 4.98 Å². The molecule has 0 atom stereocenters. The van der Waals surface area contributed by atoms with Crippen molar-refractivity contribution in [2.75, 3.05) is 6.54 Å². The van der Waals surface area contributed by atoms with Crippen molar-refractivity contribution in [3.8, 4) is 5.82 Å². The van der Waals surface area contributed by atoms with Crippen LogP contribution >= 0.6 is 11.3 Å². The minimum atomic E-state index is -0.105. The van der Waals surface area contributed by atoms with E-state index < -0.39 is 0 Å². The van der Waals surface area contributed by atoms with Crippen molar-refractivity contribution < 1.29 is 4.79 Å². The first-order chi connectivity index (χ1) is 12.7. The molecule has 0 unspecified atom stereocenters. The molecule has 26 heavy (non-hydrogen) atoms. The molecule has 0 aliphatic carbocycles. The zero-order chi connectivity index (χ0) is 17.9. The molecule has 3 heterocycles. The quantitative estimate of drug-likeness (QED) is 0.534. The lowest BCUT2D eigenvalue weighted by atomic mass is 10.2. The Labute approximate surface area is 155 Å². The molecule has 1 aromatic carbocycles. The van der Waals surface area contributed by atoms with Crippen LogP contribution in [0.1, 0.15) is 21.8 Å². The van der Waals surface area contributed by atoms with Crippen molar-refractivity contribution in [3.63, 3.8) is 0 Å². The second-order valence-corrected chi connectivity index (χ2v) is 7.15. The third-order valence-corrected chi connectivity index (χ3v) is 5.29. The summed E-state index contributed by atoms with van der Waals surface area (Å²) in [4.78, 5) is 17.2. The number of rotatable bonds is 6. The predicted molar refractivity (Wildman–Crippen MR) is 103 cm³/mol. The minimum Gasteiger partial charge on any atom is -0.352 e. The van der Waals surface area contributed by atoms with E-state index in [9.17, 15) is 4.79 Å². The van der Waals surface area contributed by atoms with Crippen LogP contribution < -0.4 is 5.32 Å². The summed E-state index contributed by atoms with van der Waals surface area (Å²) in [6.45, 7) is 0.606. The van der Waals surface area contributed by atoms with Crippen LogP contribution in [0.5, 0.6) is 0 Å². The standard InChI is InChI=1S/C19H19N5OS/c1-23-19(24-11-4-5-12-24)14(13-21-23)18(25)20-10-6-9-17-22-15-7-2-3-8-16(15)26-17/h2-5,7-8,11-13H,6,9-10H2,1H3,(H,20,25). The maximum atomic E-state index is 12.5. The fourth-order valence-electron chi connectivity index (χ4n) is 2.94. The number of nitrogens with zero attached hydrogens (tertiary/aromatic N) is 4. The number of hydrogen-bond acceptors (Lipinski definition) is 4. The maximum absolute atomic E-state index is 12.5. The van der Waals surface area contributed by atoms with Crippen LogP contribution in [0.2, 0.25) is 0 Å². The fourth-order valence-corrected chi connectivity index (χ4v) is 3.95. The highest BCUT2D eigenvalue weighted by molar-refractivity contribution is 7.18. The molecule has 4 aromatic rings. The van der Waals surface area contributed by atoms with Gasteiger partial charge in [0.2, 0.25) is 0 Å². The first-order valence-electron chi connectivity index (χ1n) is 8.50. The first-order valence-corrected chi connectivity index (χ1v) is 9.32. The first kappa shape index (κ1) is 16.5. The van der Waals surface area contributed by atoms with E-state index in [0.717, 1.165) is 29.2 Å². The van der Waals surface area contributed by atoms with Gasteiger partial charge in [0.15, 0.2) is 0 Å². The van der Waals surface area contributed by atoms with Crippen LogP contribution in [-0.2, 0) is 13.5 Å². The van der Waals surface area contributed by atoms with Gasteiger partial charge >= 0.3 is 0 Å². The van der Waals surface area contributed by atoms with Crippen molar-refractivity contribution in [1.29, 1.82) is 0 Å². The predicted octanol–water partition coefficient (Wildman–Crippen LogP) is 3.18. The molecule has 132 valence electrons. The Balaban J connectivity index is 1.36. The highest BCUT2D eigenvalue weighted by Crippen LogP contribution is 2.22. The monoisotopic (exact) mass is 365 g/mol. The van der Waals surface area contributed by atoms with Gasteiger partial charge in [0.1, 0.15) is 11.4 Å². The van der Waals surface area contributed by atoms with E-state index in [-0.39, 0.29) is 5.91 Å². The molecule has 1 N–H and O–H groups in total.